The summed E-state index contributed by atoms with van der Waals surface area (Å²) < 4.78 is 10.3. The van der Waals surface area contributed by atoms with Gasteiger partial charge in [-0.3, -0.25) is 0 Å². The number of aromatic nitrogens is 2. The van der Waals surface area contributed by atoms with Crippen molar-refractivity contribution in [2.24, 2.45) is 0 Å². The van der Waals surface area contributed by atoms with Crippen molar-refractivity contribution < 1.29 is 9.47 Å². The summed E-state index contributed by atoms with van der Waals surface area (Å²) in [6.45, 7) is 2.78. The lowest BCUT2D eigenvalue weighted by Gasteiger charge is -2.17. The summed E-state index contributed by atoms with van der Waals surface area (Å²) in [6.07, 6.45) is 2.40. The number of nitrogens with zero attached hydrogens (tertiary/aromatic N) is 2. The molecule has 0 fully saturated rings. The van der Waals surface area contributed by atoms with Crippen LogP contribution in [0.2, 0.25) is 0 Å². The SMILES string of the molecule is CNc1ncnc(NC(C)CCOC)c1OC. The third-order valence-corrected chi connectivity index (χ3v) is 2.38. The fourth-order valence-corrected chi connectivity index (χ4v) is 1.45. The molecule has 0 spiro atoms. The van der Waals surface area contributed by atoms with E-state index in [1.54, 1.807) is 21.3 Å². The highest BCUT2D eigenvalue weighted by Crippen LogP contribution is 2.28. The Balaban J connectivity index is 2.75. The topological polar surface area (TPSA) is 68.3 Å². The van der Waals surface area contributed by atoms with Crippen molar-refractivity contribution in [3.8, 4) is 5.75 Å². The van der Waals surface area contributed by atoms with Crippen molar-refractivity contribution >= 4 is 11.6 Å². The number of anilines is 2. The van der Waals surface area contributed by atoms with Crippen molar-refractivity contribution in [2.75, 3.05) is 38.5 Å². The molecule has 96 valence electrons. The molecule has 2 N–H and O–H groups in total. The molecule has 0 amide bonds. The van der Waals surface area contributed by atoms with Crippen LogP contribution in [0, 0.1) is 0 Å². The average Bonchev–Trinajstić information content (AvgIpc) is 2.35. The first-order valence-electron chi connectivity index (χ1n) is 5.55. The first kappa shape index (κ1) is 13.5. The van der Waals surface area contributed by atoms with Gasteiger partial charge in [-0.05, 0) is 13.3 Å². The van der Waals surface area contributed by atoms with E-state index in [1.165, 1.54) is 6.33 Å². The van der Waals surface area contributed by atoms with Crippen molar-refractivity contribution in [3.05, 3.63) is 6.33 Å². The van der Waals surface area contributed by atoms with Gasteiger partial charge in [0.25, 0.3) is 0 Å². The Kier molecular flexibility index (Phi) is 5.48. The first-order chi connectivity index (χ1) is 8.22. The van der Waals surface area contributed by atoms with Gasteiger partial charge in [0.15, 0.2) is 11.6 Å². The maximum atomic E-state index is 5.29. The van der Waals surface area contributed by atoms with Crippen LogP contribution in [0.25, 0.3) is 0 Å². The molecular weight excluding hydrogens is 220 g/mol. The molecule has 1 aromatic rings. The second kappa shape index (κ2) is 6.90. The summed E-state index contributed by atoms with van der Waals surface area (Å²) in [7, 11) is 5.09. The number of rotatable bonds is 7. The minimum atomic E-state index is 0.253. The second-order valence-electron chi connectivity index (χ2n) is 3.68. The smallest absolute Gasteiger partial charge is 0.204 e. The molecule has 6 nitrogen and oxygen atoms in total. The predicted octanol–water partition coefficient (Wildman–Crippen LogP) is 1.36. The number of methoxy groups -OCH3 is 2. The lowest BCUT2D eigenvalue weighted by Crippen LogP contribution is -2.19. The van der Waals surface area contributed by atoms with Crippen LogP contribution in [0.4, 0.5) is 11.6 Å². The molecular formula is C11H20N4O2. The van der Waals surface area contributed by atoms with E-state index >= 15 is 0 Å². The standard InChI is InChI=1S/C11H20N4O2/c1-8(5-6-16-3)15-11-9(17-4)10(12-2)13-7-14-11/h7-8H,5-6H2,1-4H3,(H2,12,13,14,15). The van der Waals surface area contributed by atoms with Gasteiger partial charge < -0.3 is 20.1 Å². The molecule has 1 heterocycles. The lowest BCUT2D eigenvalue weighted by molar-refractivity contribution is 0.191. The molecule has 0 aliphatic rings. The minimum Gasteiger partial charge on any atom is -0.490 e. The molecule has 0 aliphatic heterocycles. The van der Waals surface area contributed by atoms with Crippen LogP contribution in [-0.4, -0.2) is 43.9 Å². The van der Waals surface area contributed by atoms with Crippen molar-refractivity contribution in [2.45, 2.75) is 19.4 Å². The van der Waals surface area contributed by atoms with E-state index in [1.807, 2.05) is 0 Å². The number of hydrogen-bond donors (Lipinski definition) is 2. The van der Waals surface area contributed by atoms with Crippen LogP contribution in [0.5, 0.6) is 5.75 Å². The van der Waals surface area contributed by atoms with Crippen LogP contribution in [0.1, 0.15) is 13.3 Å². The van der Waals surface area contributed by atoms with Crippen LogP contribution >= 0.6 is 0 Å². The fourth-order valence-electron chi connectivity index (χ4n) is 1.45. The third-order valence-electron chi connectivity index (χ3n) is 2.38. The average molecular weight is 240 g/mol. The van der Waals surface area contributed by atoms with Crippen molar-refractivity contribution in [3.63, 3.8) is 0 Å². The Morgan fingerprint density at radius 1 is 1.29 bits per heavy atom. The van der Waals surface area contributed by atoms with Crippen LogP contribution in [-0.2, 0) is 4.74 Å². The molecule has 0 bridgehead atoms. The molecule has 1 atom stereocenters. The van der Waals surface area contributed by atoms with Gasteiger partial charge in [0, 0.05) is 26.8 Å². The summed E-state index contributed by atoms with van der Waals surface area (Å²) in [5.41, 5.74) is 0. The van der Waals surface area contributed by atoms with E-state index in [-0.39, 0.29) is 6.04 Å². The molecule has 1 rings (SSSR count). The molecule has 0 radical (unpaired) electrons. The normalized spacial score (nSPS) is 12.0. The van der Waals surface area contributed by atoms with Gasteiger partial charge in [-0.25, -0.2) is 9.97 Å². The first-order valence-corrected chi connectivity index (χ1v) is 5.55. The Labute approximate surface area is 102 Å². The van der Waals surface area contributed by atoms with Gasteiger partial charge in [-0.1, -0.05) is 0 Å². The van der Waals surface area contributed by atoms with Gasteiger partial charge in [-0.2, -0.15) is 0 Å². The maximum absolute atomic E-state index is 5.29. The van der Waals surface area contributed by atoms with Gasteiger partial charge in [-0.15, -0.1) is 0 Å². The van der Waals surface area contributed by atoms with Gasteiger partial charge in [0.05, 0.1) is 7.11 Å². The van der Waals surface area contributed by atoms with Crippen LogP contribution in [0.3, 0.4) is 0 Å². The third kappa shape index (κ3) is 3.74. The van der Waals surface area contributed by atoms with E-state index in [2.05, 4.69) is 27.5 Å². The highest BCUT2D eigenvalue weighted by Gasteiger charge is 2.12. The minimum absolute atomic E-state index is 0.253. The molecule has 0 saturated carbocycles. The van der Waals surface area contributed by atoms with Gasteiger partial charge >= 0.3 is 0 Å². The fraction of sp³-hybridized carbons (Fsp3) is 0.636. The Hall–Kier alpha value is -1.56. The molecule has 17 heavy (non-hydrogen) atoms. The van der Waals surface area contributed by atoms with E-state index in [0.717, 1.165) is 6.42 Å². The highest BCUT2D eigenvalue weighted by atomic mass is 16.5. The second-order valence-corrected chi connectivity index (χ2v) is 3.68. The lowest BCUT2D eigenvalue weighted by atomic mass is 10.2. The quantitative estimate of drug-likeness (QED) is 0.750. The van der Waals surface area contributed by atoms with E-state index in [9.17, 15) is 0 Å². The molecule has 6 heteroatoms. The Morgan fingerprint density at radius 2 is 2.00 bits per heavy atom. The summed E-state index contributed by atoms with van der Waals surface area (Å²) in [5.74, 6) is 1.98. The van der Waals surface area contributed by atoms with E-state index < -0.39 is 0 Å². The molecule has 1 unspecified atom stereocenters. The molecule has 0 aliphatic carbocycles. The van der Waals surface area contributed by atoms with Gasteiger partial charge in [0.1, 0.15) is 6.33 Å². The predicted molar refractivity (Wildman–Crippen MR) is 67.7 cm³/mol. The van der Waals surface area contributed by atoms with Crippen LogP contribution in [0.15, 0.2) is 6.33 Å². The van der Waals surface area contributed by atoms with E-state index in [4.69, 9.17) is 9.47 Å². The van der Waals surface area contributed by atoms with Crippen LogP contribution < -0.4 is 15.4 Å². The number of hydrogen-bond acceptors (Lipinski definition) is 6. The summed E-state index contributed by atoms with van der Waals surface area (Å²) in [6, 6.07) is 0.253. The monoisotopic (exact) mass is 240 g/mol. The molecule has 0 saturated heterocycles. The molecule has 0 aromatic carbocycles. The summed E-state index contributed by atoms with van der Waals surface area (Å²) in [5, 5.41) is 6.24. The maximum Gasteiger partial charge on any atom is 0.204 e. The summed E-state index contributed by atoms with van der Waals surface area (Å²) in [4.78, 5) is 8.26. The highest BCUT2D eigenvalue weighted by molar-refractivity contribution is 5.63. The largest absolute Gasteiger partial charge is 0.490 e. The van der Waals surface area contributed by atoms with E-state index in [0.29, 0.717) is 24.0 Å². The summed E-state index contributed by atoms with van der Waals surface area (Å²) >= 11 is 0. The van der Waals surface area contributed by atoms with Crippen molar-refractivity contribution in [1.82, 2.24) is 9.97 Å². The van der Waals surface area contributed by atoms with Gasteiger partial charge in [0.2, 0.25) is 5.75 Å². The van der Waals surface area contributed by atoms with Crippen molar-refractivity contribution in [1.29, 1.82) is 0 Å². The number of nitrogens with one attached hydrogen (secondary N) is 2. The Morgan fingerprint density at radius 3 is 2.59 bits per heavy atom. The Bertz CT molecular complexity index is 346. The molecule has 1 aromatic heterocycles. The zero-order valence-electron chi connectivity index (χ0n) is 10.8. The zero-order chi connectivity index (χ0) is 12.7. The zero-order valence-corrected chi connectivity index (χ0v) is 10.8. The number of ether oxygens (including phenoxy) is 2.